The van der Waals surface area contributed by atoms with E-state index in [9.17, 15) is 19.5 Å². The van der Waals surface area contributed by atoms with Crippen molar-refractivity contribution in [2.45, 2.75) is 32.9 Å². The maximum Gasteiger partial charge on any atom is 0.237 e. The van der Waals surface area contributed by atoms with Crippen LogP contribution in [0.25, 0.3) is 0 Å². The number of nitrogens with zero attached hydrogens (tertiary/aromatic N) is 2. The summed E-state index contributed by atoms with van der Waals surface area (Å²) >= 11 is 0. The number of rotatable bonds is 6. The van der Waals surface area contributed by atoms with E-state index in [1.54, 1.807) is 38.1 Å². The number of amides is 3. The van der Waals surface area contributed by atoms with Gasteiger partial charge in [-0.3, -0.25) is 19.3 Å². The van der Waals surface area contributed by atoms with Crippen molar-refractivity contribution >= 4 is 23.9 Å². The van der Waals surface area contributed by atoms with Crippen molar-refractivity contribution in [1.29, 1.82) is 0 Å². The third kappa shape index (κ3) is 3.51. The molecule has 0 bridgehead atoms. The molecule has 1 fully saturated rings. The van der Waals surface area contributed by atoms with E-state index in [1.165, 1.54) is 9.80 Å². The van der Waals surface area contributed by atoms with Gasteiger partial charge in [0.1, 0.15) is 0 Å². The standard InChI is InChI=1S/C16H20N2O4/c1-11-7-15(21)18(16(11)22)14-5-3-13(4-6-14)9-17(10-19)8-12(2)20/h3-6,10-12,20H,7-9H2,1-2H3. The summed E-state index contributed by atoms with van der Waals surface area (Å²) in [6.45, 7) is 3.98. The molecular formula is C16H20N2O4. The number of aliphatic hydroxyl groups is 1. The van der Waals surface area contributed by atoms with Gasteiger partial charge in [0.25, 0.3) is 0 Å². The Kier molecular flexibility index (Phi) is 4.92. The van der Waals surface area contributed by atoms with Gasteiger partial charge in [-0.25, -0.2) is 0 Å². The molecular weight excluding hydrogens is 284 g/mol. The Morgan fingerprint density at radius 2 is 2.00 bits per heavy atom. The predicted molar refractivity (Wildman–Crippen MR) is 80.9 cm³/mol. The lowest BCUT2D eigenvalue weighted by Crippen LogP contribution is -2.30. The molecule has 6 heteroatoms. The molecule has 1 aromatic carbocycles. The molecule has 2 unspecified atom stereocenters. The van der Waals surface area contributed by atoms with Crippen LogP contribution >= 0.6 is 0 Å². The van der Waals surface area contributed by atoms with Crippen LogP contribution in [-0.2, 0) is 20.9 Å². The number of carbonyl (C=O) groups is 3. The Labute approximate surface area is 129 Å². The van der Waals surface area contributed by atoms with Crippen LogP contribution in [0.4, 0.5) is 5.69 Å². The van der Waals surface area contributed by atoms with E-state index in [4.69, 9.17) is 0 Å². The Morgan fingerprint density at radius 1 is 1.36 bits per heavy atom. The van der Waals surface area contributed by atoms with Crippen LogP contribution in [0.1, 0.15) is 25.8 Å². The summed E-state index contributed by atoms with van der Waals surface area (Å²) in [5.74, 6) is -0.640. The van der Waals surface area contributed by atoms with Gasteiger partial charge >= 0.3 is 0 Å². The molecule has 1 N–H and O–H groups in total. The lowest BCUT2D eigenvalue weighted by atomic mass is 10.1. The molecule has 1 aromatic rings. The first kappa shape index (κ1) is 16.2. The van der Waals surface area contributed by atoms with Crippen LogP contribution < -0.4 is 4.90 Å². The van der Waals surface area contributed by atoms with E-state index < -0.39 is 6.10 Å². The van der Waals surface area contributed by atoms with Gasteiger partial charge in [-0.1, -0.05) is 19.1 Å². The van der Waals surface area contributed by atoms with Crippen LogP contribution in [0.15, 0.2) is 24.3 Å². The smallest absolute Gasteiger partial charge is 0.237 e. The highest BCUT2D eigenvalue weighted by molar-refractivity contribution is 6.20. The highest BCUT2D eigenvalue weighted by atomic mass is 16.3. The molecule has 0 aliphatic carbocycles. The highest BCUT2D eigenvalue weighted by Crippen LogP contribution is 2.26. The number of carbonyl (C=O) groups excluding carboxylic acids is 3. The van der Waals surface area contributed by atoms with E-state index in [0.717, 1.165) is 5.56 Å². The molecule has 1 heterocycles. The molecule has 3 amide bonds. The van der Waals surface area contributed by atoms with Crippen molar-refractivity contribution < 1.29 is 19.5 Å². The van der Waals surface area contributed by atoms with Crippen molar-refractivity contribution in [1.82, 2.24) is 4.90 Å². The Morgan fingerprint density at radius 3 is 2.45 bits per heavy atom. The number of aliphatic hydroxyl groups excluding tert-OH is 1. The molecule has 0 saturated carbocycles. The first-order chi connectivity index (χ1) is 10.4. The first-order valence-electron chi connectivity index (χ1n) is 7.25. The first-order valence-corrected chi connectivity index (χ1v) is 7.25. The molecule has 1 aliphatic heterocycles. The molecule has 0 radical (unpaired) electrons. The SMILES string of the molecule is CC(O)CN(C=O)Cc1ccc(N2C(=O)CC(C)C2=O)cc1. The second-order valence-electron chi connectivity index (χ2n) is 5.72. The molecule has 2 rings (SSSR count). The molecule has 118 valence electrons. The quantitative estimate of drug-likeness (QED) is 0.626. The third-order valence-corrected chi connectivity index (χ3v) is 3.60. The average molecular weight is 304 g/mol. The zero-order valence-electron chi connectivity index (χ0n) is 12.7. The summed E-state index contributed by atoms with van der Waals surface area (Å²) < 4.78 is 0. The minimum atomic E-state index is -0.592. The summed E-state index contributed by atoms with van der Waals surface area (Å²) in [6, 6.07) is 6.96. The topological polar surface area (TPSA) is 77.9 Å². The normalized spacial score (nSPS) is 19.4. The van der Waals surface area contributed by atoms with Gasteiger partial charge in [0.2, 0.25) is 18.2 Å². The van der Waals surface area contributed by atoms with E-state index in [0.29, 0.717) is 18.6 Å². The molecule has 22 heavy (non-hydrogen) atoms. The number of hydrogen-bond donors (Lipinski definition) is 1. The molecule has 0 spiro atoms. The van der Waals surface area contributed by atoms with Gasteiger partial charge in [0, 0.05) is 25.4 Å². The lowest BCUT2D eigenvalue weighted by Gasteiger charge is -2.20. The summed E-state index contributed by atoms with van der Waals surface area (Å²) in [6.07, 6.45) is 0.342. The van der Waals surface area contributed by atoms with Crippen molar-refractivity contribution in [2.24, 2.45) is 5.92 Å². The summed E-state index contributed by atoms with van der Waals surface area (Å²) in [5, 5.41) is 9.32. The fourth-order valence-electron chi connectivity index (χ4n) is 2.52. The van der Waals surface area contributed by atoms with Crippen molar-refractivity contribution in [3.63, 3.8) is 0 Å². The lowest BCUT2D eigenvalue weighted by molar-refractivity contribution is -0.122. The Hall–Kier alpha value is -2.21. The van der Waals surface area contributed by atoms with Gasteiger partial charge in [0.05, 0.1) is 11.8 Å². The fraction of sp³-hybridized carbons (Fsp3) is 0.438. The molecule has 6 nitrogen and oxygen atoms in total. The van der Waals surface area contributed by atoms with E-state index in [-0.39, 0.29) is 30.7 Å². The maximum absolute atomic E-state index is 12.0. The number of imide groups is 1. The van der Waals surface area contributed by atoms with Gasteiger partial charge in [0.15, 0.2) is 0 Å². The molecule has 1 saturated heterocycles. The van der Waals surface area contributed by atoms with Crippen LogP contribution in [0.2, 0.25) is 0 Å². The van der Waals surface area contributed by atoms with Crippen molar-refractivity contribution in [3.8, 4) is 0 Å². The Bertz CT molecular complexity index is 568. The van der Waals surface area contributed by atoms with Gasteiger partial charge in [-0.15, -0.1) is 0 Å². The summed E-state index contributed by atoms with van der Waals surface area (Å²) in [7, 11) is 0. The predicted octanol–water partition coefficient (Wildman–Crippen LogP) is 0.925. The van der Waals surface area contributed by atoms with Gasteiger partial charge < -0.3 is 10.0 Å². The molecule has 0 aromatic heterocycles. The maximum atomic E-state index is 12.0. The minimum Gasteiger partial charge on any atom is -0.392 e. The van der Waals surface area contributed by atoms with Crippen molar-refractivity contribution in [3.05, 3.63) is 29.8 Å². The molecule has 1 aliphatic rings. The number of anilines is 1. The monoisotopic (exact) mass is 304 g/mol. The van der Waals surface area contributed by atoms with Gasteiger partial charge in [-0.05, 0) is 24.6 Å². The zero-order valence-corrected chi connectivity index (χ0v) is 12.7. The van der Waals surface area contributed by atoms with Crippen LogP contribution in [0, 0.1) is 5.92 Å². The van der Waals surface area contributed by atoms with Crippen LogP contribution in [-0.4, -0.2) is 40.9 Å². The number of benzene rings is 1. The highest BCUT2D eigenvalue weighted by Gasteiger charge is 2.36. The number of hydrogen-bond acceptors (Lipinski definition) is 4. The van der Waals surface area contributed by atoms with E-state index in [1.807, 2.05) is 0 Å². The zero-order chi connectivity index (χ0) is 16.3. The second-order valence-corrected chi connectivity index (χ2v) is 5.72. The average Bonchev–Trinajstić information content (AvgIpc) is 2.72. The van der Waals surface area contributed by atoms with Crippen LogP contribution in [0.3, 0.4) is 0 Å². The van der Waals surface area contributed by atoms with E-state index in [2.05, 4.69) is 0 Å². The summed E-state index contributed by atoms with van der Waals surface area (Å²) in [5.41, 5.74) is 1.42. The van der Waals surface area contributed by atoms with E-state index >= 15 is 0 Å². The fourth-order valence-corrected chi connectivity index (χ4v) is 2.52. The van der Waals surface area contributed by atoms with Crippen LogP contribution in [0.5, 0.6) is 0 Å². The third-order valence-electron chi connectivity index (χ3n) is 3.60. The second kappa shape index (κ2) is 6.70. The summed E-state index contributed by atoms with van der Waals surface area (Å²) in [4.78, 5) is 37.5. The minimum absolute atomic E-state index is 0.179. The van der Waals surface area contributed by atoms with Crippen molar-refractivity contribution in [2.75, 3.05) is 11.4 Å². The Balaban J connectivity index is 2.09. The van der Waals surface area contributed by atoms with Gasteiger partial charge in [-0.2, -0.15) is 0 Å². The molecule has 2 atom stereocenters. The largest absolute Gasteiger partial charge is 0.392 e.